The van der Waals surface area contributed by atoms with Crippen molar-refractivity contribution >= 4 is 0 Å². The summed E-state index contributed by atoms with van der Waals surface area (Å²) in [5.74, 6) is 0. The Morgan fingerprint density at radius 2 is 0.569 bits per heavy atom. The topological polar surface area (TPSA) is 113 Å². The van der Waals surface area contributed by atoms with Gasteiger partial charge in [-0.15, -0.1) is 0 Å². The molecule has 72 heavy (non-hydrogen) atoms. The largest absolute Gasteiger partial charge is 0.374 e. The summed E-state index contributed by atoms with van der Waals surface area (Å²) in [6.07, 6.45) is -9.37. The van der Waals surface area contributed by atoms with E-state index in [1.807, 2.05) is 212 Å². The second-order valence-electron chi connectivity index (χ2n) is 18.0. The summed E-state index contributed by atoms with van der Waals surface area (Å²) in [4.78, 5) is 0. The van der Waals surface area contributed by atoms with Crippen molar-refractivity contribution < 1.29 is 52.5 Å². The molecule has 0 aliphatic carbocycles. The molecular weight excluding hydrogens is 909 g/mol. The fraction of sp³-hybridized carbons (Fsp3) is 0.311. The Morgan fingerprint density at radius 1 is 0.292 bits per heavy atom. The smallest absolute Gasteiger partial charge is 0.187 e. The third-order valence-corrected chi connectivity index (χ3v) is 12.7. The maximum atomic E-state index is 12.0. The van der Waals surface area contributed by atoms with E-state index >= 15 is 0 Å². The lowest BCUT2D eigenvalue weighted by molar-refractivity contribution is -0.374. The number of hydrogen-bond acceptors (Lipinski definition) is 11. The molecule has 0 saturated carbocycles. The van der Waals surface area contributed by atoms with Crippen molar-refractivity contribution in [1.82, 2.24) is 0 Å². The van der Waals surface area contributed by atoms with Gasteiger partial charge in [0.25, 0.3) is 0 Å². The van der Waals surface area contributed by atoms with Crippen LogP contribution in [-0.4, -0.2) is 79.7 Å². The fourth-order valence-corrected chi connectivity index (χ4v) is 8.97. The van der Waals surface area contributed by atoms with Gasteiger partial charge in [-0.1, -0.05) is 212 Å². The molecule has 2 fully saturated rings. The Kier molecular flexibility index (Phi) is 19.3. The molecule has 7 aromatic carbocycles. The van der Waals surface area contributed by atoms with Crippen LogP contribution in [0.4, 0.5) is 0 Å². The molecule has 0 amide bonds. The van der Waals surface area contributed by atoms with Crippen LogP contribution in [-0.2, 0) is 93.6 Å². The first-order valence-electron chi connectivity index (χ1n) is 24.8. The van der Waals surface area contributed by atoms with E-state index in [9.17, 15) is 5.11 Å². The van der Waals surface area contributed by atoms with Crippen LogP contribution < -0.4 is 0 Å². The lowest BCUT2D eigenvalue weighted by atomic mass is 9.95. The second-order valence-corrected chi connectivity index (χ2v) is 18.0. The van der Waals surface area contributed by atoms with E-state index in [0.29, 0.717) is 13.2 Å². The molecular formula is C61H64O11. The molecule has 374 valence electrons. The van der Waals surface area contributed by atoms with Gasteiger partial charge in [-0.2, -0.15) is 0 Å². The maximum absolute atomic E-state index is 12.0. The second kappa shape index (κ2) is 27.2. The third-order valence-electron chi connectivity index (χ3n) is 12.7. The minimum atomic E-state index is -1.41. The van der Waals surface area contributed by atoms with Gasteiger partial charge in [-0.25, -0.2) is 0 Å². The van der Waals surface area contributed by atoms with Crippen LogP contribution in [0.15, 0.2) is 212 Å². The van der Waals surface area contributed by atoms with Gasteiger partial charge in [0.15, 0.2) is 12.6 Å². The number of hydrogen-bond donors (Lipinski definition) is 1. The molecule has 0 radical (unpaired) electrons. The van der Waals surface area contributed by atoms with Gasteiger partial charge in [0.05, 0.1) is 59.5 Å². The van der Waals surface area contributed by atoms with Gasteiger partial charge >= 0.3 is 0 Å². The minimum absolute atomic E-state index is 0.0375. The summed E-state index contributed by atoms with van der Waals surface area (Å²) in [6, 6.07) is 69.6. The molecule has 11 nitrogen and oxygen atoms in total. The Bertz CT molecular complexity index is 2550. The van der Waals surface area contributed by atoms with Gasteiger partial charge in [0, 0.05) is 0 Å². The summed E-state index contributed by atoms with van der Waals surface area (Å²) < 4.78 is 68.6. The lowest BCUT2D eigenvalue weighted by Gasteiger charge is -2.49. The maximum Gasteiger partial charge on any atom is 0.187 e. The molecule has 2 heterocycles. The van der Waals surface area contributed by atoms with Crippen LogP contribution in [0, 0.1) is 0 Å². The zero-order chi connectivity index (χ0) is 49.0. The molecule has 11 heteroatoms. The molecule has 0 aromatic heterocycles. The third kappa shape index (κ3) is 14.8. The highest BCUT2D eigenvalue weighted by Gasteiger charge is 2.54. The number of benzene rings is 7. The predicted molar refractivity (Wildman–Crippen MR) is 272 cm³/mol. The summed E-state index contributed by atoms with van der Waals surface area (Å²) in [6.45, 7) is 1.91. The van der Waals surface area contributed by atoms with E-state index in [2.05, 4.69) is 0 Å². The van der Waals surface area contributed by atoms with E-state index in [-0.39, 0.29) is 46.2 Å². The first-order chi connectivity index (χ1) is 35.6. The van der Waals surface area contributed by atoms with Crippen LogP contribution in [0.2, 0.25) is 0 Å². The summed E-state index contributed by atoms with van der Waals surface area (Å²) in [5, 5.41) is 12.0. The number of rotatable bonds is 25. The quantitative estimate of drug-likeness (QED) is 0.0591. The highest BCUT2D eigenvalue weighted by Crippen LogP contribution is 2.36. The fourth-order valence-electron chi connectivity index (χ4n) is 8.97. The van der Waals surface area contributed by atoms with Gasteiger partial charge in [0.1, 0.15) is 48.8 Å². The van der Waals surface area contributed by atoms with Crippen LogP contribution in [0.3, 0.4) is 0 Å². The van der Waals surface area contributed by atoms with E-state index in [1.165, 1.54) is 0 Å². The van der Waals surface area contributed by atoms with Crippen molar-refractivity contribution in [2.75, 3.05) is 13.2 Å². The first kappa shape index (κ1) is 51.0. The predicted octanol–water partition coefficient (Wildman–Crippen LogP) is 10.2. The minimum Gasteiger partial charge on any atom is -0.374 e. The van der Waals surface area contributed by atoms with Crippen molar-refractivity contribution in [3.63, 3.8) is 0 Å². The van der Waals surface area contributed by atoms with E-state index < -0.39 is 61.4 Å². The molecule has 9 rings (SSSR count). The van der Waals surface area contributed by atoms with Crippen molar-refractivity contribution in [2.45, 2.75) is 108 Å². The van der Waals surface area contributed by atoms with Crippen LogP contribution in [0.5, 0.6) is 0 Å². The van der Waals surface area contributed by atoms with Crippen LogP contribution in [0.1, 0.15) is 38.9 Å². The molecule has 1 unspecified atom stereocenters. The Balaban J connectivity index is 1.10. The molecule has 7 aromatic rings. The Hall–Kier alpha value is -5.90. The standard InChI is InChI=1S/C61H64O11/c62-60-58(68-41-50-32-18-6-19-33-50)57(67-40-49-30-16-5-17-31-49)55(53(70-60)44-64-37-46-24-10-2-11-25-46)72-61-59(69-42-51-34-20-7-21-35-51)56(66-39-48-28-14-4-15-29-48)54(65-38-47-26-12-3-13-27-47)52(71-61)43-63-36-45-22-8-1-9-23-45/h1-35,52-62H,36-44H2/t52-,53-,54+,55-,56+,57+,58-,59-,60?,61+/m1/s1. The molecule has 2 saturated heterocycles. The lowest BCUT2D eigenvalue weighted by Crippen LogP contribution is -2.66. The van der Waals surface area contributed by atoms with Gasteiger partial charge < -0.3 is 52.5 Å². The summed E-state index contributed by atoms with van der Waals surface area (Å²) >= 11 is 0. The molecule has 2 aliphatic rings. The van der Waals surface area contributed by atoms with Gasteiger partial charge in [0.2, 0.25) is 0 Å². The van der Waals surface area contributed by atoms with Crippen molar-refractivity contribution in [2.24, 2.45) is 0 Å². The summed E-state index contributed by atoms with van der Waals surface area (Å²) in [7, 11) is 0. The highest BCUT2D eigenvalue weighted by atomic mass is 16.8. The molecule has 0 spiro atoms. The first-order valence-corrected chi connectivity index (χ1v) is 24.8. The monoisotopic (exact) mass is 972 g/mol. The zero-order valence-corrected chi connectivity index (χ0v) is 40.4. The van der Waals surface area contributed by atoms with Crippen molar-refractivity contribution in [3.05, 3.63) is 251 Å². The van der Waals surface area contributed by atoms with E-state index in [1.54, 1.807) is 0 Å². The van der Waals surface area contributed by atoms with E-state index in [4.69, 9.17) is 47.4 Å². The average molecular weight is 973 g/mol. The normalized spacial score (nSPS) is 24.2. The van der Waals surface area contributed by atoms with Crippen LogP contribution >= 0.6 is 0 Å². The van der Waals surface area contributed by atoms with Gasteiger partial charge in [-0.05, 0) is 38.9 Å². The van der Waals surface area contributed by atoms with Crippen molar-refractivity contribution in [1.29, 1.82) is 0 Å². The zero-order valence-electron chi connectivity index (χ0n) is 40.4. The number of ether oxygens (including phenoxy) is 10. The molecule has 0 bridgehead atoms. The van der Waals surface area contributed by atoms with Gasteiger partial charge in [-0.3, -0.25) is 0 Å². The Labute approximate surface area is 423 Å². The van der Waals surface area contributed by atoms with E-state index in [0.717, 1.165) is 38.9 Å². The van der Waals surface area contributed by atoms with Crippen LogP contribution in [0.25, 0.3) is 0 Å². The SMILES string of the molecule is OC1O[C@H](COCc2ccccc2)[C@@H](O[C@@H]2O[C@H](COCc3ccccc3)[C@H](OCc3ccccc3)[C@H](OCc3ccccc3)[C@H]2OCc2ccccc2)[C@H](OCc2ccccc2)[C@H]1OCc1ccccc1. The average Bonchev–Trinajstić information content (AvgIpc) is 3.43. The highest BCUT2D eigenvalue weighted by molar-refractivity contribution is 5.19. The summed E-state index contributed by atoms with van der Waals surface area (Å²) in [5.41, 5.74) is 6.75. The van der Waals surface area contributed by atoms with Crippen molar-refractivity contribution in [3.8, 4) is 0 Å². The number of aliphatic hydroxyl groups excluding tert-OH is 1. The molecule has 1 N–H and O–H groups in total. The molecule has 10 atom stereocenters. The molecule has 2 aliphatic heterocycles. The number of aliphatic hydroxyl groups is 1. The Morgan fingerprint density at radius 3 is 0.931 bits per heavy atom.